The number of nitrogens with zero attached hydrogens (tertiary/aromatic N) is 2. The van der Waals surface area contributed by atoms with Crippen LogP contribution in [0, 0.1) is 24.7 Å². The highest BCUT2D eigenvalue weighted by Crippen LogP contribution is 2.40. The molecule has 0 unspecified atom stereocenters. The standard InChI is InChI=1S/C26H24Cl2N2O4/c1-14-7-9-17(10-8-14)23(31)16(3)29(24(32)18-11-12-20(27)21(28)13-18)30-25(33)19-6-4-5-15(2)22(19)26(30)34/h4-5,7-13,15-16,19,22H,6H2,1-3H3/t15-,16-,19+,22-/m0/s1. The zero-order valence-corrected chi connectivity index (χ0v) is 20.5. The zero-order chi connectivity index (χ0) is 24.7. The Morgan fingerprint density at radius 1 is 1.00 bits per heavy atom. The number of carbonyl (C=O) groups excluding carboxylic acids is 4. The molecule has 1 fully saturated rings. The Labute approximate surface area is 208 Å². The van der Waals surface area contributed by atoms with Crippen molar-refractivity contribution in [2.24, 2.45) is 17.8 Å². The van der Waals surface area contributed by atoms with Gasteiger partial charge in [-0.25, -0.2) is 5.01 Å². The summed E-state index contributed by atoms with van der Waals surface area (Å²) in [6.07, 6.45) is 4.19. The summed E-state index contributed by atoms with van der Waals surface area (Å²) in [5, 5.41) is 2.26. The molecule has 0 bridgehead atoms. The van der Waals surface area contributed by atoms with Gasteiger partial charge in [0, 0.05) is 11.1 Å². The molecule has 1 aliphatic carbocycles. The van der Waals surface area contributed by atoms with Crippen molar-refractivity contribution in [1.82, 2.24) is 10.0 Å². The van der Waals surface area contributed by atoms with Crippen LogP contribution in [0.1, 0.15) is 46.5 Å². The van der Waals surface area contributed by atoms with E-state index in [4.69, 9.17) is 23.2 Å². The lowest BCUT2D eigenvalue weighted by Crippen LogP contribution is -2.56. The second-order valence-electron chi connectivity index (χ2n) is 8.83. The lowest BCUT2D eigenvalue weighted by molar-refractivity contribution is -0.156. The van der Waals surface area contributed by atoms with Gasteiger partial charge in [-0.15, -0.1) is 0 Å². The summed E-state index contributed by atoms with van der Waals surface area (Å²) in [7, 11) is 0. The molecule has 2 aromatic rings. The molecule has 34 heavy (non-hydrogen) atoms. The van der Waals surface area contributed by atoms with E-state index in [1.807, 2.05) is 26.0 Å². The molecule has 0 spiro atoms. The van der Waals surface area contributed by atoms with Gasteiger partial charge < -0.3 is 0 Å². The Morgan fingerprint density at radius 2 is 1.65 bits per heavy atom. The summed E-state index contributed by atoms with van der Waals surface area (Å²) in [5.41, 5.74) is 1.46. The first-order valence-electron chi connectivity index (χ1n) is 11.1. The molecule has 2 aliphatic rings. The molecule has 4 atom stereocenters. The quantitative estimate of drug-likeness (QED) is 0.325. The van der Waals surface area contributed by atoms with Crippen LogP contribution in [-0.4, -0.2) is 39.6 Å². The van der Waals surface area contributed by atoms with Gasteiger partial charge in [-0.1, -0.05) is 72.1 Å². The highest BCUT2D eigenvalue weighted by molar-refractivity contribution is 6.42. The number of benzene rings is 2. The number of ketones is 1. The van der Waals surface area contributed by atoms with Crippen molar-refractivity contribution in [3.63, 3.8) is 0 Å². The molecule has 0 saturated carbocycles. The van der Waals surface area contributed by atoms with Crippen molar-refractivity contribution in [3.8, 4) is 0 Å². The molecule has 4 rings (SSSR count). The number of Topliss-reactive ketones (excluding diaryl/α,β-unsaturated/α-hetero) is 1. The van der Waals surface area contributed by atoms with Crippen LogP contribution in [-0.2, 0) is 9.59 Å². The van der Waals surface area contributed by atoms with E-state index in [0.29, 0.717) is 12.0 Å². The molecular formula is C26H24Cl2N2O4. The van der Waals surface area contributed by atoms with Gasteiger partial charge in [0.25, 0.3) is 17.7 Å². The number of imide groups is 1. The van der Waals surface area contributed by atoms with Gasteiger partial charge in [-0.3, -0.25) is 19.2 Å². The number of amides is 3. The maximum Gasteiger partial charge on any atom is 0.273 e. The molecule has 0 radical (unpaired) electrons. The molecule has 3 amide bonds. The van der Waals surface area contributed by atoms with Crippen molar-refractivity contribution in [3.05, 3.63) is 81.4 Å². The van der Waals surface area contributed by atoms with E-state index in [-0.39, 0.29) is 21.5 Å². The summed E-state index contributed by atoms with van der Waals surface area (Å²) < 4.78 is 0. The minimum atomic E-state index is -1.12. The highest BCUT2D eigenvalue weighted by atomic mass is 35.5. The van der Waals surface area contributed by atoms with Crippen molar-refractivity contribution in [2.75, 3.05) is 0 Å². The van der Waals surface area contributed by atoms with Gasteiger partial charge in [0.05, 0.1) is 21.9 Å². The van der Waals surface area contributed by atoms with Gasteiger partial charge in [-0.05, 0) is 44.4 Å². The molecule has 1 heterocycles. The van der Waals surface area contributed by atoms with Gasteiger partial charge in [0.1, 0.15) is 6.04 Å². The summed E-state index contributed by atoms with van der Waals surface area (Å²) in [4.78, 5) is 54.0. The second-order valence-corrected chi connectivity index (χ2v) is 9.64. The minimum Gasteiger partial charge on any atom is -0.292 e. The third-order valence-corrected chi connectivity index (χ3v) is 7.26. The second kappa shape index (κ2) is 9.35. The topological polar surface area (TPSA) is 74.8 Å². The van der Waals surface area contributed by atoms with Crippen LogP contribution in [0.25, 0.3) is 0 Å². The van der Waals surface area contributed by atoms with Crippen LogP contribution in [0.5, 0.6) is 0 Å². The summed E-state index contributed by atoms with van der Waals surface area (Å²) >= 11 is 12.1. The molecule has 1 aliphatic heterocycles. The molecule has 1 saturated heterocycles. The van der Waals surface area contributed by atoms with Crippen LogP contribution in [0.3, 0.4) is 0 Å². The number of fused-ring (bicyclic) bond motifs is 1. The summed E-state index contributed by atoms with van der Waals surface area (Å²) in [6.45, 7) is 5.28. The Morgan fingerprint density at radius 3 is 2.26 bits per heavy atom. The molecule has 0 aromatic heterocycles. The molecule has 8 heteroatoms. The van der Waals surface area contributed by atoms with E-state index in [1.54, 1.807) is 24.3 Å². The lowest BCUT2D eigenvalue weighted by atomic mass is 9.78. The van der Waals surface area contributed by atoms with Gasteiger partial charge in [-0.2, -0.15) is 5.01 Å². The lowest BCUT2D eigenvalue weighted by Gasteiger charge is -2.35. The van der Waals surface area contributed by atoms with Gasteiger partial charge >= 0.3 is 0 Å². The Balaban J connectivity index is 1.78. The number of aryl methyl sites for hydroxylation is 1. The summed E-state index contributed by atoms with van der Waals surface area (Å²) in [6, 6.07) is 10.1. The first kappa shape index (κ1) is 24.2. The Hall–Kier alpha value is -2.96. The van der Waals surface area contributed by atoms with E-state index < -0.39 is 41.4 Å². The first-order chi connectivity index (χ1) is 16.1. The van der Waals surface area contributed by atoms with Crippen molar-refractivity contribution in [1.29, 1.82) is 0 Å². The Kier molecular flexibility index (Phi) is 6.65. The van der Waals surface area contributed by atoms with E-state index in [1.165, 1.54) is 25.1 Å². The first-order valence-corrected chi connectivity index (χ1v) is 11.8. The van der Waals surface area contributed by atoms with Crippen LogP contribution >= 0.6 is 23.2 Å². The maximum atomic E-state index is 13.7. The SMILES string of the molecule is Cc1ccc(C(=O)[C@H](C)N(C(=O)c2ccc(Cl)c(Cl)c2)N2C(=O)[C@H]3[C@@H](C)C=CC[C@H]3C2=O)cc1. The number of hydrogen-bond acceptors (Lipinski definition) is 4. The maximum absolute atomic E-state index is 13.7. The Bertz CT molecular complexity index is 1210. The van der Waals surface area contributed by atoms with E-state index in [9.17, 15) is 19.2 Å². The van der Waals surface area contributed by atoms with E-state index in [2.05, 4.69) is 0 Å². The van der Waals surface area contributed by atoms with E-state index >= 15 is 0 Å². The van der Waals surface area contributed by atoms with E-state index in [0.717, 1.165) is 15.6 Å². The van der Waals surface area contributed by atoms with Crippen LogP contribution < -0.4 is 0 Å². The van der Waals surface area contributed by atoms with Crippen LogP contribution in [0.15, 0.2) is 54.6 Å². The number of hydrogen-bond donors (Lipinski definition) is 0. The average Bonchev–Trinajstić information content (AvgIpc) is 3.07. The number of allylic oxidation sites excluding steroid dienone is 2. The smallest absolute Gasteiger partial charge is 0.273 e. The highest BCUT2D eigenvalue weighted by Gasteiger charge is 2.54. The fourth-order valence-electron chi connectivity index (χ4n) is 4.61. The van der Waals surface area contributed by atoms with Gasteiger partial charge in [0.15, 0.2) is 5.78 Å². The number of rotatable bonds is 5. The largest absolute Gasteiger partial charge is 0.292 e. The third-order valence-electron chi connectivity index (χ3n) is 6.52. The third kappa shape index (κ3) is 4.17. The van der Waals surface area contributed by atoms with Crippen molar-refractivity contribution in [2.45, 2.75) is 33.2 Å². The van der Waals surface area contributed by atoms with Crippen molar-refractivity contribution < 1.29 is 19.2 Å². The number of hydrazine groups is 1. The molecule has 176 valence electrons. The number of halogens is 2. The predicted molar refractivity (Wildman–Crippen MR) is 129 cm³/mol. The molecule has 0 N–H and O–H groups in total. The van der Waals surface area contributed by atoms with Gasteiger partial charge in [0.2, 0.25) is 0 Å². The minimum absolute atomic E-state index is 0.111. The van der Waals surface area contributed by atoms with Crippen molar-refractivity contribution >= 4 is 46.7 Å². The fourth-order valence-corrected chi connectivity index (χ4v) is 4.91. The van der Waals surface area contributed by atoms with Crippen LogP contribution in [0.2, 0.25) is 10.0 Å². The zero-order valence-electron chi connectivity index (χ0n) is 19.0. The number of carbonyl (C=O) groups is 4. The monoisotopic (exact) mass is 498 g/mol. The fraction of sp³-hybridized carbons (Fsp3) is 0.308. The average molecular weight is 499 g/mol. The molecule has 6 nitrogen and oxygen atoms in total. The molecule has 2 aromatic carbocycles. The summed E-state index contributed by atoms with van der Waals surface area (Å²) in [5.74, 6) is -3.36. The van der Waals surface area contributed by atoms with Crippen LogP contribution in [0.4, 0.5) is 0 Å². The predicted octanol–water partition coefficient (Wildman–Crippen LogP) is 5.13. The molecular weight excluding hydrogens is 475 g/mol. The normalized spacial score (nSPS) is 22.5.